The summed E-state index contributed by atoms with van der Waals surface area (Å²) in [6, 6.07) is 8.35. The number of hydrogen-bond donors (Lipinski definition) is 1. The van der Waals surface area contributed by atoms with E-state index in [4.69, 9.17) is 4.74 Å². The van der Waals surface area contributed by atoms with Gasteiger partial charge in [-0.1, -0.05) is 19.9 Å². The summed E-state index contributed by atoms with van der Waals surface area (Å²) in [6.45, 7) is 7.68. The summed E-state index contributed by atoms with van der Waals surface area (Å²) in [4.78, 5) is 0. The monoisotopic (exact) mass is 260 g/mol. The summed E-state index contributed by atoms with van der Waals surface area (Å²) in [5.74, 6) is 1.67. The molecule has 0 bridgehead atoms. The highest BCUT2D eigenvalue weighted by atomic mass is 16.5. The fourth-order valence-corrected chi connectivity index (χ4v) is 2.33. The zero-order valence-corrected chi connectivity index (χ0v) is 12.1. The molecule has 0 aliphatic heterocycles. The van der Waals surface area contributed by atoms with Crippen LogP contribution in [0.1, 0.15) is 20.3 Å². The van der Waals surface area contributed by atoms with Gasteiger partial charge in [0.2, 0.25) is 0 Å². The molecule has 0 radical (unpaired) electrons. The van der Waals surface area contributed by atoms with Gasteiger partial charge in [-0.15, -0.1) is 0 Å². The lowest BCUT2D eigenvalue weighted by molar-refractivity contribution is 0.420. The maximum Gasteiger partial charge on any atom is 0.128 e. The Morgan fingerprint density at radius 2 is 2.11 bits per heavy atom. The molecule has 1 heterocycles. The van der Waals surface area contributed by atoms with Crippen LogP contribution in [0.5, 0.6) is 5.75 Å². The van der Waals surface area contributed by atoms with Crippen molar-refractivity contribution in [3.8, 4) is 5.75 Å². The molecule has 3 heteroatoms. The molecule has 1 N–H and O–H groups in total. The quantitative estimate of drug-likeness (QED) is 0.773. The SMILES string of the molecule is COc1cccc2c1ccn2CCCNCC(C)C. The molecule has 0 aliphatic rings. The first-order chi connectivity index (χ1) is 9.22. The van der Waals surface area contributed by atoms with Crippen molar-refractivity contribution in [2.24, 2.45) is 5.92 Å². The summed E-state index contributed by atoms with van der Waals surface area (Å²) in [6.07, 6.45) is 3.29. The summed E-state index contributed by atoms with van der Waals surface area (Å²) in [5, 5.41) is 4.67. The standard InChI is InChI=1S/C16H24N2O/c1-13(2)12-17-9-5-10-18-11-8-14-15(18)6-4-7-16(14)19-3/h4,6-8,11,13,17H,5,9-10,12H2,1-3H3. The number of fused-ring (bicyclic) bond motifs is 1. The number of nitrogens with one attached hydrogen (secondary N) is 1. The number of rotatable bonds is 7. The van der Waals surface area contributed by atoms with Crippen LogP contribution in [0.3, 0.4) is 0 Å². The van der Waals surface area contributed by atoms with Gasteiger partial charge >= 0.3 is 0 Å². The lowest BCUT2D eigenvalue weighted by Gasteiger charge is -2.09. The van der Waals surface area contributed by atoms with Gasteiger partial charge in [0, 0.05) is 18.1 Å². The fourth-order valence-electron chi connectivity index (χ4n) is 2.33. The molecule has 3 nitrogen and oxygen atoms in total. The lowest BCUT2D eigenvalue weighted by atomic mass is 10.2. The predicted octanol–water partition coefficient (Wildman–Crippen LogP) is 3.29. The van der Waals surface area contributed by atoms with Crippen LogP contribution in [0, 0.1) is 5.92 Å². The Kier molecular flexibility index (Phi) is 4.86. The van der Waals surface area contributed by atoms with E-state index in [0.717, 1.165) is 37.7 Å². The van der Waals surface area contributed by atoms with Crippen molar-refractivity contribution >= 4 is 10.9 Å². The van der Waals surface area contributed by atoms with E-state index in [0.29, 0.717) is 0 Å². The van der Waals surface area contributed by atoms with Crippen molar-refractivity contribution in [3.05, 3.63) is 30.5 Å². The molecule has 2 rings (SSSR count). The first-order valence-electron chi connectivity index (χ1n) is 7.05. The van der Waals surface area contributed by atoms with Crippen LogP contribution in [0.2, 0.25) is 0 Å². The van der Waals surface area contributed by atoms with Gasteiger partial charge in [0.1, 0.15) is 5.75 Å². The van der Waals surface area contributed by atoms with E-state index in [1.165, 1.54) is 10.9 Å². The highest BCUT2D eigenvalue weighted by Crippen LogP contribution is 2.26. The van der Waals surface area contributed by atoms with E-state index >= 15 is 0 Å². The van der Waals surface area contributed by atoms with Crippen molar-refractivity contribution in [1.82, 2.24) is 9.88 Å². The minimum Gasteiger partial charge on any atom is -0.496 e. The van der Waals surface area contributed by atoms with E-state index in [1.807, 2.05) is 6.07 Å². The van der Waals surface area contributed by atoms with Gasteiger partial charge < -0.3 is 14.6 Å². The molecule has 0 spiro atoms. The molecule has 0 atom stereocenters. The largest absolute Gasteiger partial charge is 0.496 e. The van der Waals surface area contributed by atoms with Crippen molar-refractivity contribution in [2.75, 3.05) is 20.2 Å². The molecule has 104 valence electrons. The van der Waals surface area contributed by atoms with Crippen LogP contribution in [0.15, 0.2) is 30.5 Å². The first-order valence-corrected chi connectivity index (χ1v) is 7.05. The van der Waals surface area contributed by atoms with Crippen LogP contribution in [-0.4, -0.2) is 24.8 Å². The highest BCUT2D eigenvalue weighted by Gasteiger charge is 2.05. The average molecular weight is 260 g/mol. The topological polar surface area (TPSA) is 26.2 Å². The Morgan fingerprint density at radius 1 is 1.26 bits per heavy atom. The van der Waals surface area contributed by atoms with E-state index in [2.05, 4.69) is 48.1 Å². The third-order valence-corrected chi connectivity index (χ3v) is 3.30. The zero-order chi connectivity index (χ0) is 13.7. The van der Waals surface area contributed by atoms with Gasteiger partial charge in [0.05, 0.1) is 12.6 Å². The van der Waals surface area contributed by atoms with E-state index in [1.54, 1.807) is 7.11 Å². The predicted molar refractivity (Wildman–Crippen MR) is 80.8 cm³/mol. The van der Waals surface area contributed by atoms with Crippen molar-refractivity contribution in [3.63, 3.8) is 0 Å². The molecule has 0 saturated carbocycles. The van der Waals surface area contributed by atoms with E-state index in [-0.39, 0.29) is 0 Å². The number of methoxy groups -OCH3 is 1. The summed E-state index contributed by atoms with van der Waals surface area (Å²) in [5.41, 5.74) is 1.25. The first kappa shape index (κ1) is 13.9. The van der Waals surface area contributed by atoms with Gasteiger partial charge in [-0.2, -0.15) is 0 Å². The molecule has 0 unspecified atom stereocenters. The summed E-state index contributed by atoms with van der Waals surface area (Å²) < 4.78 is 7.68. The van der Waals surface area contributed by atoms with Crippen molar-refractivity contribution < 1.29 is 4.74 Å². The van der Waals surface area contributed by atoms with Crippen LogP contribution in [0.25, 0.3) is 10.9 Å². The molecule has 0 fully saturated rings. The van der Waals surface area contributed by atoms with E-state index < -0.39 is 0 Å². The van der Waals surface area contributed by atoms with Crippen LogP contribution < -0.4 is 10.1 Å². The second kappa shape index (κ2) is 6.62. The molecule has 0 aliphatic carbocycles. The number of benzene rings is 1. The van der Waals surface area contributed by atoms with Crippen molar-refractivity contribution in [1.29, 1.82) is 0 Å². The van der Waals surface area contributed by atoms with Crippen molar-refractivity contribution in [2.45, 2.75) is 26.8 Å². The number of ether oxygens (including phenoxy) is 1. The second-order valence-corrected chi connectivity index (χ2v) is 5.35. The van der Waals surface area contributed by atoms with Crippen LogP contribution in [-0.2, 0) is 6.54 Å². The summed E-state index contributed by atoms with van der Waals surface area (Å²) in [7, 11) is 1.72. The molecule has 1 aromatic carbocycles. The normalized spacial score (nSPS) is 11.4. The number of nitrogens with zero attached hydrogens (tertiary/aromatic N) is 1. The molecule has 19 heavy (non-hydrogen) atoms. The Hall–Kier alpha value is -1.48. The van der Waals surface area contributed by atoms with Gasteiger partial charge in [0.25, 0.3) is 0 Å². The molecule has 1 aromatic heterocycles. The third-order valence-electron chi connectivity index (χ3n) is 3.30. The summed E-state index contributed by atoms with van der Waals surface area (Å²) >= 11 is 0. The molecule has 0 saturated heterocycles. The molecular weight excluding hydrogens is 236 g/mol. The molecular formula is C16H24N2O. The van der Waals surface area contributed by atoms with E-state index in [9.17, 15) is 0 Å². The second-order valence-electron chi connectivity index (χ2n) is 5.35. The molecule has 2 aromatic rings. The Morgan fingerprint density at radius 3 is 2.84 bits per heavy atom. The third kappa shape index (κ3) is 3.51. The van der Waals surface area contributed by atoms with Crippen LogP contribution >= 0.6 is 0 Å². The smallest absolute Gasteiger partial charge is 0.128 e. The van der Waals surface area contributed by atoms with Gasteiger partial charge in [-0.05, 0) is 43.6 Å². The van der Waals surface area contributed by atoms with Gasteiger partial charge in [-0.25, -0.2) is 0 Å². The Labute approximate surface area is 115 Å². The Bertz CT molecular complexity index is 516. The van der Waals surface area contributed by atoms with Crippen LogP contribution in [0.4, 0.5) is 0 Å². The molecule has 0 amide bonds. The minimum absolute atomic E-state index is 0.719. The number of hydrogen-bond acceptors (Lipinski definition) is 2. The average Bonchev–Trinajstić information content (AvgIpc) is 2.81. The highest BCUT2D eigenvalue weighted by molar-refractivity contribution is 5.86. The fraction of sp³-hybridized carbons (Fsp3) is 0.500. The van der Waals surface area contributed by atoms with Gasteiger partial charge in [-0.3, -0.25) is 0 Å². The number of aromatic nitrogens is 1. The minimum atomic E-state index is 0.719. The maximum absolute atomic E-state index is 5.38. The zero-order valence-electron chi connectivity index (χ0n) is 12.1. The lowest BCUT2D eigenvalue weighted by Crippen LogP contribution is -2.21. The van der Waals surface area contributed by atoms with Gasteiger partial charge in [0.15, 0.2) is 0 Å². The maximum atomic E-state index is 5.38. The number of aryl methyl sites for hydroxylation is 1. The Balaban J connectivity index is 1.94.